The maximum absolute atomic E-state index is 12.0. The highest BCUT2D eigenvalue weighted by Gasteiger charge is 2.17. The maximum atomic E-state index is 12.0. The summed E-state index contributed by atoms with van der Waals surface area (Å²) in [7, 11) is 2.15. The molecule has 0 unspecified atom stereocenters. The van der Waals surface area contributed by atoms with E-state index in [-0.39, 0.29) is 12.1 Å². The molecule has 0 atom stereocenters. The van der Waals surface area contributed by atoms with E-state index in [1.807, 2.05) is 19.9 Å². The molecular formula is C25H32N6O3. The van der Waals surface area contributed by atoms with Gasteiger partial charge in [0.2, 0.25) is 5.95 Å². The lowest BCUT2D eigenvalue weighted by molar-refractivity contribution is 0.0526. The number of H-pyrrole nitrogens is 1. The standard InChI is InChI=1S/C25H32N6O3/c1-5-33-24(32)18-14-22(27-16-18)20-8-9-26-25(28-20)29-21-7-6-19(15-23(21)34-17(2)3)31-12-10-30(4)11-13-31/h6-9,14-17,27H,5,10-13H2,1-4H3,(H,26,28,29). The number of carbonyl (C=O) groups is 1. The molecule has 1 aromatic carbocycles. The van der Waals surface area contributed by atoms with Gasteiger partial charge in [-0.15, -0.1) is 0 Å². The van der Waals surface area contributed by atoms with Crippen molar-refractivity contribution in [3.63, 3.8) is 0 Å². The van der Waals surface area contributed by atoms with Gasteiger partial charge >= 0.3 is 5.97 Å². The largest absolute Gasteiger partial charge is 0.489 e. The van der Waals surface area contributed by atoms with Gasteiger partial charge in [0, 0.05) is 50.3 Å². The Morgan fingerprint density at radius 3 is 2.71 bits per heavy atom. The van der Waals surface area contributed by atoms with Gasteiger partial charge in [-0.25, -0.2) is 14.8 Å². The number of aromatic nitrogens is 3. The molecule has 2 N–H and O–H groups in total. The molecule has 1 saturated heterocycles. The van der Waals surface area contributed by atoms with Crippen LogP contribution >= 0.6 is 0 Å². The third kappa shape index (κ3) is 5.66. The quantitative estimate of drug-likeness (QED) is 0.484. The second kappa shape index (κ2) is 10.6. The molecule has 2 aromatic heterocycles. The Hall–Kier alpha value is -3.59. The number of rotatable bonds is 8. The predicted octanol–water partition coefficient (Wildman–Crippen LogP) is 3.93. The molecule has 34 heavy (non-hydrogen) atoms. The molecule has 3 heterocycles. The summed E-state index contributed by atoms with van der Waals surface area (Å²) < 4.78 is 11.2. The Kier molecular flexibility index (Phi) is 7.32. The Labute approximate surface area is 200 Å². The zero-order chi connectivity index (χ0) is 24.1. The van der Waals surface area contributed by atoms with Crippen LogP contribution in [0.2, 0.25) is 0 Å². The number of hydrogen-bond donors (Lipinski definition) is 2. The first-order chi connectivity index (χ1) is 16.4. The van der Waals surface area contributed by atoms with Crippen molar-refractivity contribution in [1.82, 2.24) is 19.9 Å². The smallest absolute Gasteiger partial charge is 0.339 e. The van der Waals surface area contributed by atoms with E-state index in [0.717, 1.165) is 43.3 Å². The van der Waals surface area contributed by atoms with Crippen molar-refractivity contribution in [1.29, 1.82) is 0 Å². The normalized spacial score (nSPS) is 14.3. The molecule has 0 amide bonds. The minimum atomic E-state index is -0.367. The number of benzene rings is 1. The van der Waals surface area contributed by atoms with E-state index in [0.29, 0.717) is 29.5 Å². The summed E-state index contributed by atoms with van der Waals surface area (Å²) in [6.45, 7) is 10.2. The van der Waals surface area contributed by atoms with E-state index < -0.39 is 0 Å². The molecule has 1 fully saturated rings. The molecular weight excluding hydrogens is 432 g/mol. The molecule has 0 spiro atoms. The van der Waals surface area contributed by atoms with E-state index in [4.69, 9.17) is 9.47 Å². The van der Waals surface area contributed by atoms with Crippen molar-refractivity contribution in [3.8, 4) is 17.1 Å². The van der Waals surface area contributed by atoms with Crippen LogP contribution in [0.4, 0.5) is 17.3 Å². The van der Waals surface area contributed by atoms with Crippen LogP contribution in [-0.2, 0) is 4.74 Å². The molecule has 0 bridgehead atoms. The summed E-state index contributed by atoms with van der Waals surface area (Å²) >= 11 is 0. The summed E-state index contributed by atoms with van der Waals surface area (Å²) in [6, 6.07) is 9.69. The minimum absolute atomic E-state index is 0.0239. The van der Waals surface area contributed by atoms with Gasteiger partial charge in [-0.2, -0.15) is 0 Å². The zero-order valence-electron chi connectivity index (χ0n) is 20.2. The number of ether oxygens (including phenoxy) is 2. The van der Waals surface area contributed by atoms with Crippen molar-refractivity contribution in [2.45, 2.75) is 26.9 Å². The first-order valence-electron chi connectivity index (χ1n) is 11.6. The number of esters is 1. The number of nitrogens with one attached hydrogen (secondary N) is 2. The summed E-state index contributed by atoms with van der Waals surface area (Å²) in [5.74, 6) is 0.823. The van der Waals surface area contributed by atoms with Crippen LogP contribution < -0.4 is 15.0 Å². The van der Waals surface area contributed by atoms with Crippen LogP contribution in [0.3, 0.4) is 0 Å². The molecule has 0 aliphatic carbocycles. The van der Waals surface area contributed by atoms with Crippen molar-refractivity contribution in [2.75, 3.05) is 50.1 Å². The molecule has 0 radical (unpaired) electrons. The Bertz CT molecular complexity index is 1120. The fourth-order valence-corrected chi connectivity index (χ4v) is 3.79. The number of carbonyl (C=O) groups excluding carboxylic acids is 1. The lowest BCUT2D eigenvalue weighted by Crippen LogP contribution is -2.44. The number of nitrogens with zero attached hydrogens (tertiary/aromatic N) is 4. The average Bonchev–Trinajstić information content (AvgIpc) is 3.31. The van der Waals surface area contributed by atoms with Crippen LogP contribution in [0.25, 0.3) is 11.4 Å². The van der Waals surface area contributed by atoms with Crippen molar-refractivity contribution in [3.05, 3.63) is 48.3 Å². The highest BCUT2D eigenvalue weighted by atomic mass is 16.5. The summed E-state index contributed by atoms with van der Waals surface area (Å²) in [6.07, 6.45) is 3.32. The molecule has 3 aromatic rings. The third-order valence-corrected chi connectivity index (χ3v) is 5.57. The molecule has 1 aliphatic heterocycles. The predicted molar refractivity (Wildman–Crippen MR) is 133 cm³/mol. The highest BCUT2D eigenvalue weighted by Crippen LogP contribution is 2.33. The van der Waals surface area contributed by atoms with Gasteiger partial charge in [0.25, 0.3) is 0 Å². The number of anilines is 3. The zero-order valence-corrected chi connectivity index (χ0v) is 20.2. The van der Waals surface area contributed by atoms with Gasteiger partial charge < -0.3 is 29.6 Å². The molecule has 4 rings (SSSR count). The van der Waals surface area contributed by atoms with E-state index in [9.17, 15) is 4.79 Å². The fourth-order valence-electron chi connectivity index (χ4n) is 3.79. The monoisotopic (exact) mass is 464 g/mol. The molecule has 180 valence electrons. The average molecular weight is 465 g/mol. The van der Waals surface area contributed by atoms with Crippen molar-refractivity contribution in [2.24, 2.45) is 0 Å². The van der Waals surface area contributed by atoms with Crippen LogP contribution in [0.15, 0.2) is 42.7 Å². The number of hydrogen-bond acceptors (Lipinski definition) is 8. The second-order valence-electron chi connectivity index (χ2n) is 8.55. The van der Waals surface area contributed by atoms with Crippen LogP contribution in [0.1, 0.15) is 31.1 Å². The third-order valence-electron chi connectivity index (χ3n) is 5.57. The molecule has 0 saturated carbocycles. The Balaban J connectivity index is 1.55. The highest BCUT2D eigenvalue weighted by molar-refractivity contribution is 5.90. The SMILES string of the molecule is CCOC(=O)c1c[nH]c(-c2ccnc(Nc3ccc(N4CCN(C)CC4)cc3OC(C)C)n2)c1. The van der Waals surface area contributed by atoms with Gasteiger partial charge in [0.1, 0.15) is 5.75 Å². The Morgan fingerprint density at radius 2 is 1.97 bits per heavy atom. The maximum Gasteiger partial charge on any atom is 0.339 e. The number of piperazine rings is 1. The van der Waals surface area contributed by atoms with Gasteiger partial charge in [-0.1, -0.05) is 0 Å². The topological polar surface area (TPSA) is 95.6 Å². The van der Waals surface area contributed by atoms with Crippen LogP contribution in [-0.4, -0.2) is 71.8 Å². The fraction of sp³-hybridized carbons (Fsp3) is 0.400. The lowest BCUT2D eigenvalue weighted by atomic mass is 10.2. The van der Waals surface area contributed by atoms with Crippen molar-refractivity contribution >= 4 is 23.3 Å². The summed E-state index contributed by atoms with van der Waals surface area (Å²) in [5.41, 5.74) is 3.76. The first-order valence-corrected chi connectivity index (χ1v) is 11.6. The van der Waals surface area contributed by atoms with E-state index in [1.54, 1.807) is 31.5 Å². The molecule has 9 nitrogen and oxygen atoms in total. The summed E-state index contributed by atoms with van der Waals surface area (Å²) in [5, 5.41) is 3.30. The van der Waals surface area contributed by atoms with E-state index >= 15 is 0 Å². The number of aromatic amines is 1. The van der Waals surface area contributed by atoms with Crippen LogP contribution in [0.5, 0.6) is 5.75 Å². The van der Waals surface area contributed by atoms with Gasteiger partial charge in [0.15, 0.2) is 0 Å². The Morgan fingerprint density at radius 1 is 1.18 bits per heavy atom. The second-order valence-corrected chi connectivity index (χ2v) is 8.55. The van der Waals surface area contributed by atoms with Crippen LogP contribution in [0, 0.1) is 0 Å². The van der Waals surface area contributed by atoms with E-state index in [1.165, 1.54) is 0 Å². The van der Waals surface area contributed by atoms with Gasteiger partial charge in [-0.3, -0.25) is 0 Å². The first kappa shape index (κ1) is 23.6. The molecule has 9 heteroatoms. The van der Waals surface area contributed by atoms with Gasteiger partial charge in [-0.05, 0) is 52.1 Å². The number of likely N-dealkylation sites (N-methyl/N-ethyl adjacent to an activating group) is 1. The van der Waals surface area contributed by atoms with Gasteiger partial charge in [0.05, 0.1) is 35.3 Å². The molecule has 1 aliphatic rings. The summed E-state index contributed by atoms with van der Waals surface area (Å²) in [4.78, 5) is 28.8. The van der Waals surface area contributed by atoms with Crippen molar-refractivity contribution < 1.29 is 14.3 Å². The van der Waals surface area contributed by atoms with E-state index in [2.05, 4.69) is 49.2 Å². The lowest BCUT2D eigenvalue weighted by Gasteiger charge is -2.34. The minimum Gasteiger partial charge on any atom is -0.489 e.